The Kier molecular flexibility index (Phi) is 4.03. The van der Waals surface area contributed by atoms with Crippen LogP contribution in [0.4, 0.5) is 5.82 Å². The van der Waals surface area contributed by atoms with E-state index in [0.29, 0.717) is 11.6 Å². The molecule has 114 valence electrons. The highest BCUT2D eigenvalue weighted by molar-refractivity contribution is 7.13. The fourth-order valence-corrected chi connectivity index (χ4v) is 2.86. The second-order valence-electron chi connectivity index (χ2n) is 4.67. The number of aryl methyl sites for hydroxylation is 1. The first-order chi connectivity index (χ1) is 10.7. The van der Waals surface area contributed by atoms with E-state index in [1.54, 1.807) is 24.5 Å². The molecule has 0 aromatic carbocycles. The molecule has 0 bridgehead atoms. The lowest BCUT2D eigenvalue weighted by Gasteiger charge is -1.96. The number of thiophene rings is 1. The van der Waals surface area contributed by atoms with Crippen molar-refractivity contribution < 1.29 is 14.1 Å². The number of carbonyl (C=O) groups is 1. The Morgan fingerprint density at radius 1 is 1.50 bits per heavy atom. The topological polar surface area (TPSA) is 93.0 Å². The third-order valence-electron chi connectivity index (χ3n) is 3.00. The highest BCUT2D eigenvalue weighted by Gasteiger charge is 2.15. The van der Waals surface area contributed by atoms with Crippen molar-refractivity contribution >= 4 is 23.1 Å². The summed E-state index contributed by atoms with van der Waals surface area (Å²) in [6, 6.07) is 5.36. The van der Waals surface area contributed by atoms with Crippen LogP contribution in [0.25, 0.3) is 10.6 Å². The number of H-pyrrole nitrogens is 1. The molecule has 3 heterocycles. The van der Waals surface area contributed by atoms with Gasteiger partial charge in [0.15, 0.2) is 17.3 Å². The number of nitrogens with zero attached hydrogens (tertiary/aromatic N) is 2. The summed E-state index contributed by atoms with van der Waals surface area (Å²) in [7, 11) is 1.54. The van der Waals surface area contributed by atoms with Crippen LogP contribution in [0.5, 0.6) is 0 Å². The Morgan fingerprint density at radius 3 is 3.09 bits per heavy atom. The quantitative estimate of drug-likeness (QED) is 0.754. The summed E-state index contributed by atoms with van der Waals surface area (Å²) >= 11 is 1.61. The summed E-state index contributed by atoms with van der Waals surface area (Å²) in [5.74, 6) is 0.542. The molecular weight excluding hydrogens is 304 g/mol. The molecule has 8 heteroatoms. The number of anilines is 1. The Hall–Kier alpha value is -2.45. The standard InChI is InChI=1S/C14H14N4O3S/c1-8-3-4-22-13(8)10-6-12(17-16-10)15-14(19)11-5-9(7-20-2)21-18-11/h3-6H,7H2,1-2H3,(H2,15,16,17,19). The molecule has 0 fully saturated rings. The van der Waals surface area contributed by atoms with Crippen molar-refractivity contribution in [3.05, 3.63) is 40.6 Å². The monoisotopic (exact) mass is 318 g/mol. The summed E-state index contributed by atoms with van der Waals surface area (Å²) in [4.78, 5) is 13.2. The van der Waals surface area contributed by atoms with E-state index in [0.717, 1.165) is 16.1 Å². The van der Waals surface area contributed by atoms with Gasteiger partial charge in [-0.3, -0.25) is 9.89 Å². The molecule has 0 atom stereocenters. The number of amides is 1. The fraction of sp³-hybridized carbons (Fsp3) is 0.214. The van der Waals surface area contributed by atoms with Crippen molar-refractivity contribution in [2.75, 3.05) is 12.4 Å². The summed E-state index contributed by atoms with van der Waals surface area (Å²) in [6.07, 6.45) is 0. The minimum atomic E-state index is -0.382. The van der Waals surface area contributed by atoms with Crippen LogP contribution in [-0.4, -0.2) is 28.4 Å². The van der Waals surface area contributed by atoms with Crippen LogP contribution in [0.3, 0.4) is 0 Å². The Labute approximate surface area is 130 Å². The van der Waals surface area contributed by atoms with Gasteiger partial charge in [0, 0.05) is 19.2 Å². The first kappa shape index (κ1) is 14.5. The van der Waals surface area contributed by atoms with Crippen molar-refractivity contribution in [1.29, 1.82) is 0 Å². The van der Waals surface area contributed by atoms with E-state index in [9.17, 15) is 4.79 Å². The SMILES string of the molecule is COCc1cc(C(=O)Nc2cc(-c3sccc3C)[nH]n2)no1. The minimum Gasteiger partial charge on any atom is -0.377 e. The smallest absolute Gasteiger partial charge is 0.279 e. The highest BCUT2D eigenvalue weighted by atomic mass is 32.1. The number of nitrogens with one attached hydrogen (secondary N) is 2. The zero-order valence-electron chi connectivity index (χ0n) is 12.0. The molecule has 0 radical (unpaired) electrons. The van der Waals surface area contributed by atoms with Crippen molar-refractivity contribution in [3.8, 4) is 10.6 Å². The van der Waals surface area contributed by atoms with E-state index < -0.39 is 0 Å². The van der Waals surface area contributed by atoms with Crippen LogP contribution < -0.4 is 5.32 Å². The summed E-state index contributed by atoms with van der Waals surface area (Å²) in [6.45, 7) is 2.29. The summed E-state index contributed by atoms with van der Waals surface area (Å²) in [5, 5.41) is 15.4. The third-order valence-corrected chi connectivity index (χ3v) is 4.05. The van der Waals surface area contributed by atoms with Gasteiger partial charge in [-0.25, -0.2) is 0 Å². The molecule has 2 N–H and O–H groups in total. The maximum Gasteiger partial charge on any atom is 0.279 e. The molecule has 0 saturated heterocycles. The molecule has 0 unspecified atom stereocenters. The Morgan fingerprint density at radius 2 is 2.36 bits per heavy atom. The van der Waals surface area contributed by atoms with Gasteiger partial charge in [-0.1, -0.05) is 5.16 Å². The van der Waals surface area contributed by atoms with Gasteiger partial charge in [-0.05, 0) is 23.9 Å². The van der Waals surface area contributed by atoms with E-state index in [4.69, 9.17) is 9.26 Å². The second kappa shape index (κ2) is 6.12. The average Bonchev–Trinajstić information content (AvgIpc) is 3.20. The van der Waals surface area contributed by atoms with Crippen molar-refractivity contribution in [2.45, 2.75) is 13.5 Å². The molecule has 0 spiro atoms. The first-order valence-electron chi connectivity index (χ1n) is 6.53. The van der Waals surface area contributed by atoms with Crippen LogP contribution in [0.15, 0.2) is 28.1 Å². The molecule has 1 amide bonds. The predicted octanol–water partition coefficient (Wildman–Crippen LogP) is 2.83. The number of ether oxygens (including phenoxy) is 1. The van der Waals surface area contributed by atoms with Crippen LogP contribution in [0.2, 0.25) is 0 Å². The zero-order valence-corrected chi connectivity index (χ0v) is 12.9. The van der Waals surface area contributed by atoms with E-state index in [-0.39, 0.29) is 18.2 Å². The lowest BCUT2D eigenvalue weighted by molar-refractivity contribution is 0.101. The van der Waals surface area contributed by atoms with Crippen molar-refractivity contribution in [1.82, 2.24) is 15.4 Å². The van der Waals surface area contributed by atoms with E-state index in [1.807, 2.05) is 18.4 Å². The first-order valence-corrected chi connectivity index (χ1v) is 7.41. The number of rotatable bonds is 5. The maximum absolute atomic E-state index is 12.1. The number of aromatic amines is 1. The Bertz CT molecular complexity index is 789. The number of carbonyl (C=O) groups excluding carboxylic acids is 1. The number of methoxy groups -OCH3 is 1. The van der Waals surface area contributed by atoms with Crippen LogP contribution in [0, 0.1) is 6.92 Å². The van der Waals surface area contributed by atoms with Gasteiger partial charge in [-0.2, -0.15) is 5.10 Å². The van der Waals surface area contributed by atoms with E-state index in [2.05, 4.69) is 20.7 Å². The molecule has 22 heavy (non-hydrogen) atoms. The van der Waals surface area contributed by atoms with Gasteiger partial charge in [0.2, 0.25) is 0 Å². The molecule has 3 aromatic heterocycles. The number of aromatic nitrogens is 3. The summed E-state index contributed by atoms with van der Waals surface area (Å²) in [5.41, 5.74) is 2.21. The molecule has 0 saturated carbocycles. The molecule has 3 rings (SSSR count). The van der Waals surface area contributed by atoms with E-state index in [1.165, 1.54) is 6.07 Å². The Balaban J connectivity index is 1.72. The largest absolute Gasteiger partial charge is 0.377 e. The van der Waals surface area contributed by atoms with Crippen LogP contribution in [0.1, 0.15) is 21.8 Å². The molecule has 0 aliphatic rings. The zero-order chi connectivity index (χ0) is 15.5. The number of hydrogen-bond donors (Lipinski definition) is 2. The van der Waals surface area contributed by atoms with Gasteiger partial charge in [0.1, 0.15) is 6.61 Å². The van der Waals surface area contributed by atoms with Gasteiger partial charge >= 0.3 is 0 Å². The summed E-state index contributed by atoms with van der Waals surface area (Å²) < 4.78 is 9.89. The van der Waals surface area contributed by atoms with Crippen molar-refractivity contribution in [2.24, 2.45) is 0 Å². The lowest BCUT2D eigenvalue weighted by atomic mass is 10.2. The molecule has 7 nitrogen and oxygen atoms in total. The van der Waals surface area contributed by atoms with Crippen molar-refractivity contribution in [3.63, 3.8) is 0 Å². The highest BCUT2D eigenvalue weighted by Crippen LogP contribution is 2.28. The average molecular weight is 318 g/mol. The van der Waals surface area contributed by atoms with Gasteiger partial charge in [0.05, 0.1) is 10.6 Å². The maximum atomic E-state index is 12.1. The van der Waals surface area contributed by atoms with Gasteiger partial charge < -0.3 is 14.6 Å². The number of hydrogen-bond acceptors (Lipinski definition) is 6. The minimum absolute atomic E-state index is 0.184. The molecule has 0 aliphatic carbocycles. The van der Waals surface area contributed by atoms with Gasteiger partial charge in [-0.15, -0.1) is 11.3 Å². The molecule has 3 aromatic rings. The predicted molar refractivity (Wildman–Crippen MR) is 81.8 cm³/mol. The second-order valence-corrected chi connectivity index (χ2v) is 5.58. The molecular formula is C14H14N4O3S. The van der Waals surface area contributed by atoms with Crippen LogP contribution in [-0.2, 0) is 11.3 Å². The normalized spacial score (nSPS) is 10.8. The van der Waals surface area contributed by atoms with Gasteiger partial charge in [0.25, 0.3) is 5.91 Å². The molecule has 0 aliphatic heterocycles. The third kappa shape index (κ3) is 2.92. The van der Waals surface area contributed by atoms with E-state index >= 15 is 0 Å². The lowest BCUT2D eigenvalue weighted by Crippen LogP contribution is -2.12. The fourth-order valence-electron chi connectivity index (χ4n) is 1.96. The van der Waals surface area contributed by atoms with Crippen LogP contribution >= 0.6 is 11.3 Å².